The van der Waals surface area contributed by atoms with Crippen LogP contribution in [0.25, 0.3) is 0 Å². The quantitative estimate of drug-likeness (QED) is 0.544. The second-order valence-electron chi connectivity index (χ2n) is 8.86. The molecule has 33 heavy (non-hydrogen) atoms. The summed E-state index contributed by atoms with van der Waals surface area (Å²) in [5.41, 5.74) is 1.30. The van der Waals surface area contributed by atoms with Crippen molar-refractivity contribution in [3.8, 4) is 11.5 Å². The van der Waals surface area contributed by atoms with Gasteiger partial charge in [0.05, 0.1) is 30.3 Å². The molecule has 2 aromatic rings. The van der Waals surface area contributed by atoms with E-state index in [1.807, 2.05) is 69.3 Å². The number of imide groups is 1. The van der Waals surface area contributed by atoms with E-state index in [9.17, 15) is 14.4 Å². The first-order valence-electron chi connectivity index (χ1n) is 10.7. The van der Waals surface area contributed by atoms with Crippen molar-refractivity contribution < 1.29 is 28.6 Å². The summed E-state index contributed by atoms with van der Waals surface area (Å²) in [6.45, 7) is 5.94. The van der Waals surface area contributed by atoms with Crippen LogP contribution in [0.3, 0.4) is 0 Å². The van der Waals surface area contributed by atoms with E-state index in [2.05, 4.69) is 5.32 Å². The number of ether oxygens (including phenoxy) is 3. The molecule has 7 nitrogen and oxygen atoms in total. The summed E-state index contributed by atoms with van der Waals surface area (Å²) in [4.78, 5) is 35.4. The minimum atomic E-state index is -0.589. The fraction of sp³-hybridized carbons (Fsp3) is 0.400. The van der Waals surface area contributed by atoms with Crippen molar-refractivity contribution in [2.24, 2.45) is 5.41 Å². The summed E-state index contributed by atoms with van der Waals surface area (Å²) in [6, 6.07) is 15.0. The Morgan fingerprint density at radius 2 is 1.79 bits per heavy atom. The molecule has 1 heterocycles. The summed E-state index contributed by atoms with van der Waals surface area (Å²) in [7, 11) is 1.61. The molecule has 0 bridgehead atoms. The standard InChI is InChI=1S/C25H29NO6S/c1-25(2,3)23(28)32-15-18(17-6-5-7-20(13-17)30-4)14-31-19-10-8-16(9-11-19)12-21-22(27)26-24(29)33-21/h5-11,13,18,21H,12,14-15H2,1-4H3,(H,26,27,29)/t18-,21?/m0/s1. The third kappa shape index (κ3) is 6.99. The number of hydrogen-bond acceptors (Lipinski definition) is 7. The van der Waals surface area contributed by atoms with Gasteiger partial charge in [-0.25, -0.2) is 0 Å². The van der Waals surface area contributed by atoms with Crippen molar-refractivity contribution in [2.75, 3.05) is 20.3 Å². The fourth-order valence-corrected chi connectivity index (χ4v) is 4.05. The number of thioether (sulfide) groups is 1. The Kier molecular flexibility index (Phi) is 8.02. The predicted molar refractivity (Wildman–Crippen MR) is 127 cm³/mol. The van der Waals surface area contributed by atoms with Crippen LogP contribution in [0, 0.1) is 5.41 Å². The molecule has 176 valence electrons. The summed E-state index contributed by atoms with van der Waals surface area (Å²) >= 11 is 1.01. The SMILES string of the molecule is COc1cccc([C@H](COC(=O)C(C)(C)C)COc2ccc(CC3SC(=O)NC3=O)cc2)c1. The van der Waals surface area contributed by atoms with E-state index in [1.165, 1.54) is 0 Å². The molecule has 2 aromatic carbocycles. The van der Waals surface area contributed by atoms with Gasteiger partial charge < -0.3 is 14.2 Å². The number of benzene rings is 2. The molecule has 1 aliphatic heterocycles. The van der Waals surface area contributed by atoms with Crippen molar-refractivity contribution in [3.63, 3.8) is 0 Å². The van der Waals surface area contributed by atoms with E-state index in [0.29, 0.717) is 18.8 Å². The van der Waals surface area contributed by atoms with Crippen LogP contribution in [-0.2, 0) is 20.7 Å². The van der Waals surface area contributed by atoms with Gasteiger partial charge in [0, 0.05) is 0 Å². The molecule has 1 fully saturated rings. The summed E-state index contributed by atoms with van der Waals surface area (Å²) in [6.07, 6.45) is 0.470. The van der Waals surface area contributed by atoms with Crippen LogP contribution in [-0.4, -0.2) is 42.7 Å². The number of methoxy groups -OCH3 is 1. The average molecular weight is 472 g/mol. The van der Waals surface area contributed by atoms with E-state index in [-0.39, 0.29) is 29.6 Å². The van der Waals surface area contributed by atoms with Gasteiger partial charge in [-0.1, -0.05) is 36.0 Å². The van der Waals surface area contributed by atoms with Gasteiger partial charge in [0.2, 0.25) is 5.91 Å². The molecule has 1 unspecified atom stereocenters. The molecule has 2 amide bonds. The van der Waals surface area contributed by atoms with Crippen LogP contribution < -0.4 is 14.8 Å². The normalized spacial score (nSPS) is 16.8. The number of hydrogen-bond donors (Lipinski definition) is 1. The van der Waals surface area contributed by atoms with Crippen molar-refractivity contribution >= 4 is 28.9 Å². The lowest BCUT2D eigenvalue weighted by Gasteiger charge is -2.22. The van der Waals surface area contributed by atoms with Gasteiger partial charge in [-0.15, -0.1) is 0 Å². The lowest BCUT2D eigenvalue weighted by Crippen LogP contribution is -2.26. The molecular weight excluding hydrogens is 442 g/mol. The van der Waals surface area contributed by atoms with Crippen LogP contribution in [0.15, 0.2) is 48.5 Å². The highest BCUT2D eigenvalue weighted by atomic mass is 32.2. The second-order valence-corrected chi connectivity index (χ2v) is 10.0. The molecule has 0 saturated carbocycles. The first-order chi connectivity index (χ1) is 15.7. The van der Waals surface area contributed by atoms with Crippen molar-refractivity contribution in [1.29, 1.82) is 0 Å². The van der Waals surface area contributed by atoms with E-state index in [4.69, 9.17) is 14.2 Å². The molecule has 8 heteroatoms. The lowest BCUT2D eigenvalue weighted by atomic mass is 9.97. The minimum absolute atomic E-state index is 0.184. The Morgan fingerprint density at radius 1 is 1.06 bits per heavy atom. The van der Waals surface area contributed by atoms with Crippen molar-refractivity contribution in [3.05, 3.63) is 59.7 Å². The molecule has 1 saturated heterocycles. The van der Waals surface area contributed by atoms with Crippen LogP contribution in [0.4, 0.5) is 4.79 Å². The fourth-order valence-electron chi connectivity index (χ4n) is 3.19. The Labute approximate surface area is 198 Å². The number of rotatable bonds is 9. The zero-order valence-electron chi connectivity index (χ0n) is 19.3. The van der Waals surface area contributed by atoms with E-state index >= 15 is 0 Å². The van der Waals surface area contributed by atoms with Gasteiger partial charge in [0.25, 0.3) is 5.24 Å². The van der Waals surface area contributed by atoms with Crippen LogP contribution in [0.2, 0.25) is 0 Å². The monoisotopic (exact) mass is 471 g/mol. The number of nitrogens with one attached hydrogen (secondary N) is 1. The van der Waals surface area contributed by atoms with Gasteiger partial charge in [-0.2, -0.15) is 0 Å². The predicted octanol–water partition coefficient (Wildman–Crippen LogP) is 4.34. The molecule has 0 aromatic heterocycles. The number of carbonyl (C=O) groups excluding carboxylic acids is 3. The third-order valence-electron chi connectivity index (χ3n) is 5.16. The highest BCUT2D eigenvalue weighted by Crippen LogP contribution is 2.26. The number of carbonyl (C=O) groups is 3. The Balaban J connectivity index is 1.64. The first-order valence-corrected chi connectivity index (χ1v) is 11.6. The maximum absolute atomic E-state index is 12.3. The van der Waals surface area contributed by atoms with Crippen LogP contribution >= 0.6 is 11.8 Å². The smallest absolute Gasteiger partial charge is 0.311 e. The third-order valence-corrected chi connectivity index (χ3v) is 6.14. The molecule has 1 aliphatic rings. The maximum atomic E-state index is 12.3. The first kappa shape index (κ1) is 24.6. The van der Waals surface area contributed by atoms with Gasteiger partial charge in [-0.05, 0) is 62.6 Å². The van der Waals surface area contributed by atoms with Crippen molar-refractivity contribution in [2.45, 2.75) is 38.4 Å². The number of amides is 2. The molecule has 0 spiro atoms. The average Bonchev–Trinajstić information content (AvgIpc) is 3.10. The molecule has 3 rings (SSSR count). The van der Waals surface area contributed by atoms with Gasteiger partial charge in [0.15, 0.2) is 0 Å². The van der Waals surface area contributed by atoms with Gasteiger partial charge in [-0.3, -0.25) is 19.7 Å². The minimum Gasteiger partial charge on any atom is -0.497 e. The van der Waals surface area contributed by atoms with Gasteiger partial charge >= 0.3 is 5.97 Å². The van der Waals surface area contributed by atoms with Crippen LogP contribution in [0.5, 0.6) is 11.5 Å². The van der Waals surface area contributed by atoms with Crippen molar-refractivity contribution in [1.82, 2.24) is 5.32 Å². The Morgan fingerprint density at radius 3 is 2.39 bits per heavy atom. The highest BCUT2D eigenvalue weighted by molar-refractivity contribution is 8.15. The van der Waals surface area contributed by atoms with E-state index in [0.717, 1.165) is 28.6 Å². The molecule has 0 aliphatic carbocycles. The summed E-state index contributed by atoms with van der Waals surface area (Å²) in [5.74, 6) is 0.670. The molecule has 2 atom stereocenters. The molecule has 1 N–H and O–H groups in total. The summed E-state index contributed by atoms with van der Waals surface area (Å²) in [5, 5.41) is 1.59. The van der Waals surface area contributed by atoms with E-state index in [1.54, 1.807) is 7.11 Å². The molecule has 0 radical (unpaired) electrons. The van der Waals surface area contributed by atoms with Crippen LogP contribution in [0.1, 0.15) is 37.8 Å². The largest absolute Gasteiger partial charge is 0.497 e. The zero-order chi connectivity index (χ0) is 24.0. The number of esters is 1. The second kappa shape index (κ2) is 10.7. The highest BCUT2D eigenvalue weighted by Gasteiger charge is 2.31. The topological polar surface area (TPSA) is 90.9 Å². The zero-order valence-corrected chi connectivity index (χ0v) is 20.1. The maximum Gasteiger partial charge on any atom is 0.311 e. The Hall–Kier alpha value is -3.00. The summed E-state index contributed by atoms with van der Waals surface area (Å²) < 4.78 is 16.9. The lowest BCUT2D eigenvalue weighted by molar-refractivity contribution is -0.153. The molecular formula is C25H29NO6S. The van der Waals surface area contributed by atoms with E-state index < -0.39 is 10.7 Å². The van der Waals surface area contributed by atoms with Gasteiger partial charge in [0.1, 0.15) is 18.1 Å². The Bertz CT molecular complexity index is 999.